The van der Waals surface area contributed by atoms with Crippen molar-refractivity contribution < 1.29 is 22.7 Å². The van der Waals surface area contributed by atoms with Crippen molar-refractivity contribution in [1.29, 1.82) is 0 Å². The first-order chi connectivity index (χ1) is 11.7. The highest BCUT2D eigenvalue weighted by Crippen LogP contribution is 2.21. The van der Waals surface area contributed by atoms with Crippen LogP contribution in [0.1, 0.15) is 38.3 Å². The number of hydrogen-bond acceptors (Lipinski definition) is 5. The lowest BCUT2D eigenvalue weighted by Gasteiger charge is -2.18. The van der Waals surface area contributed by atoms with E-state index in [1.165, 1.54) is 0 Å². The number of hydrogen-bond donors (Lipinski definition) is 2. The minimum atomic E-state index is -3.45. The molecule has 1 rings (SSSR count). The van der Waals surface area contributed by atoms with Gasteiger partial charge in [0.15, 0.2) is 0 Å². The number of carbonyl (C=O) groups is 1. The lowest BCUT2D eigenvalue weighted by Crippen LogP contribution is -2.33. The third kappa shape index (κ3) is 9.42. The fraction of sp³-hybridized carbons (Fsp3) is 0.588. The molecule has 8 heteroatoms. The van der Waals surface area contributed by atoms with Crippen LogP contribution < -0.4 is 14.8 Å². The molecule has 1 atom stereocenters. The maximum absolute atomic E-state index is 12.1. The minimum absolute atomic E-state index is 0.0183. The highest BCUT2D eigenvalue weighted by atomic mass is 32.2. The molecular weight excluding hydrogens is 344 g/mol. The van der Waals surface area contributed by atoms with Crippen molar-refractivity contribution in [2.45, 2.75) is 38.8 Å². The van der Waals surface area contributed by atoms with Crippen LogP contribution >= 0.6 is 0 Å². The maximum Gasteiger partial charge on any atom is 0.221 e. The Kier molecular flexibility index (Phi) is 8.88. The van der Waals surface area contributed by atoms with E-state index in [1.807, 2.05) is 13.8 Å². The molecule has 7 nitrogen and oxygen atoms in total. The zero-order chi connectivity index (χ0) is 18.9. The summed E-state index contributed by atoms with van der Waals surface area (Å²) in [5.41, 5.74) is 0.699. The first kappa shape index (κ1) is 21.4. The van der Waals surface area contributed by atoms with E-state index in [1.54, 1.807) is 31.4 Å². The van der Waals surface area contributed by atoms with Crippen molar-refractivity contribution in [3.63, 3.8) is 0 Å². The van der Waals surface area contributed by atoms with Crippen LogP contribution in [-0.2, 0) is 19.6 Å². The molecule has 1 amide bonds. The summed E-state index contributed by atoms with van der Waals surface area (Å²) in [5.74, 6) is 0.443. The number of amides is 1. The van der Waals surface area contributed by atoms with Gasteiger partial charge in [0.1, 0.15) is 5.75 Å². The normalized spacial score (nSPS) is 12.8. The van der Waals surface area contributed by atoms with Gasteiger partial charge < -0.3 is 14.8 Å². The van der Waals surface area contributed by atoms with Crippen molar-refractivity contribution >= 4 is 15.9 Å². The lowest BCUT2D eigenvalue weighted by atomic mass is 10.0. The molecule has 142 valence electrons. The zero-order valence-corrected chi connectivity index (χ0v) is 16.1. The van der Waals surface area contributed by atoms with Crippen LogP contribution in [0, 0.1) is 0 Å². The quantitative estimate of drug-likeness (QED) is 0.576. The molecule has 0 radical (unpaired) electrons. The average molecular weight is 372 g/mol. The minimum Gasteiger partial charge on any atom is -0.497 e. The molecule has 1 aromatic rings. The molecule has 1 aromatic carbocycles. The van der Waals surface area contributed by atoms with E-state index in [-0.39, 0.29) is 18.4 Å². The molecule has 0 aliphatic rings. The molecule has 0 saturated carbocycles. The highest BCUT2D eigenvalue weighted by Gasteiger charge is 2.19. The zero-order valence-electron chi connectivity index (χ0n) is 15.2. The maximum atomic E-state index is 12.1. The van der Waals surface area contributed by atoms with Crippen LogP contribution in [0.2, 0.25) is 0 Å². The van der Waals surface area contributed by atoms with Crippen LogP contribution in [0.4, 0.5) is 0 Å². The Bertz CT molecular complexity index is 629. The van der Waals surface area contributed by atoms with Crippen LogP contribution in [0.25, 0.3) is 0 Å². The van der Waals surface area contributed by atoms with Gasteiger partial charge in [-0.25, -0.2) is 13.1 Å². The van der Waals surface area contributed by atoms with Gasteiger partial charge in [0.2, 0.25) is 15.9 Å². The Hall–Kier alpha value is -1.64. The summed E-state index contributed by atoms with van der Waals surface area (Å²) in [6.07, 6.45) is 1.96. The Morgan fingerprint density at radius 3 is 2.36 bits per heavy atom. The Labute approximate surface area is 150 Å². The Morgan fingerprint density at radius 2 is 1.84 bits per heavy atom. The molecule has 0 saturated heterocycles. The molecule has 0 aliphatic carbocycles. The van der Waals surface area contributed by atoms with E-state index in [4.69, 9.17) is 9.47 Å². The molecule has 0 spiro atoms. The van der Waals surface area contributed by atoms with Crippen molar-refractivity contribution in [2.24, 2.45) is 0 Å². The van der Waals surface area contributed by atoms with Crippen molar-refractivity contribution in [3.05, 3.63) is 29.8 Å². The summed E-state index contributed by atoms with van der Waals surface area (Å²) in [7, 11) is -1.90. The van der Waals surface area contributed by atoms with Gasteiger partial charge in [-0.2, -0.15) is 0 Å². The topological polar surface area (TPSA) is 93.7 Å². The van der Waals surface area contributed by atoms with Crippen molar-refractivity contribution in [3.8, 4) is 5.75 Å². The largest absolute Gasteiger partial charge is 0.497 e. The van der Waals surface area contributed by atoms with Crippen LogP contribution in [0.5, 0.6) is 5.75 Å². The standard InChI is InChI=1S/C17H28N2O5S/c1-13(2)24-11-5-10-18-17(20)12-16(19-25(4,21)22)14-6-8-15(23-3)9-7-14/h6-9,13,16,19H,5,10-12H2,1-4H3,(H,18,20)/t16-/m0/s1. The molecule has 0 bridgehead atoms. The first-order valence-corrected chi connectivity index (χ1v) is 10.1. The summed E-state index contributed by atoms with van der Waals surface area (Å²) < 4.78 is 36.2. The molecular formula is C17H28N2O5S. The Balaban J connectivity index is 2.62. The second-order valence-corrected chi connectivity index (χ2v) is 7.82. The number of nitrogens with one attached hydrogen (secondary N) is 2. The number of methoxy groups -OCH3 is 1. The number of benzene rings is 1. The van der Waals surface area contributed by atoms with Crippen LogP contribution in [-0.4, -0.2) is 46.9 Å². The SMILES string of the molecule is COc1ccc([C@H](CC(=O)NCCCOC(C)C)NS(C)(=O)=O)cc1. The Morgan fingerprint density at radius 1 is 1.20 bits per heavy atom. The van der Waals surface area contributed by atoms with Crippen molar-refractivity contribution in [2.75, 3.05) is 26.5 Å². The number of sulfonamides is 1. The molecule has 0 aromatic heterocycles. The molecule has 0 aliphatic heterocycles. The second-order valence-electron chi connectivity index (χ2n) is 6.04. The number of carbonyl (C=O) groups excluding carboxylic acids is 1. The third-order valence-corrected chi connectivity index (χ3v) is 4.07. The van der Waals surface area contributed by atoms with E-state index in [9.17, 15) is 13.2 Å². The molecule has 0 fully saturated rings. The number of ether oxygens (including phenoxy) is 2. The first-order valence-electron chi connectivity index (χ1n) is 8.21. The monoisotopic (exact) mass is 372 g/mol. The molecule has 2 N–H and O–H groups in total. The van der Waals surface area contributed by atoms with Gasteiger partial charge in [0.25, 0.3) is 0 Å². The van der Waals surface area contributed by atoms with Gasteiger partial charge in [0.05, 0.1) is 25.5 Å². The van der Waals surface area contributed by atoms with E-state index in [0.717, 1.165) is 6.26 Å². The summed E-state index contributed by atoms with van der Waals surface area (Å²) in [6, 6.07) is 6.31. The predicted octanol–water partition coefficient (Wildman–Crippen LogP) is 1.61. The van der Waals surface area contributed by atoms with E-state index in [2.05, 4.69) is 10.0 Å². The van der Waals surface area contributed by atoms with Crippen LogP contribution in [0.15, 0.2) is 24.3 Å². The van der Waals surface area contributed by atoms with Crippen LogP contribution in [0.3, 0.4) is 0 Å². The summed E-state index contributed by atoms with van der Waals surface area (Å²) in [4.78, 5) is 12.1. The average Bonchev–Trinajstić information content (AvgIpc) is 2.52. The van der Waals surface area contributed by atoms with Gasteiger partial charge in [-0.1, -0.05) is 12.1 Å². The summed E-state index contributed by atoms with van der Waals surface area (Å²) in [6.45, 7) is 4.96. The fourth-order valence-electron chi connectivity index (χ4n) is 2.20. The van der Waals surface area contributed by atoms with Gasteiger partial charge in [-0.15, -0.1) is 0 Å². The smallest absolute Gasteiger partial charge is 0.221 e. The lowest BCUT2D eigenvalue weighted by molar-refractivity contribution is -0.121. The van der Waals surface area contributed by atoms with Crippen molar-refractivity contribution in [1.82, 2.24) is 10.0 Å². The summed E-state index contributed by atoms with van der Waals surface area (Å²) in [5, 5.41) is 2.79. The predicted molar refractivity (Wildman–Crippen MR) is 97.0 cm³/mol. The third-order valence-electron chi connectivity index (χ3n) is 3.36. The second kappa shape index (κ2) is 10.4. The van der Waals surface area contributed by atoms with Gasteiger partial charge in [-0.3, -0.25) is 4.79 Å². The highest BCUT2D eigenvalue weighted by molar-refractivity contribution is 7.88. The summed E-state index contributed by atoms with van der Waals surface area (Å²) >= 11 is 0. The fourth-order valence-corrected chi connectivity index (χ4v) is 2.94. The van der Waals surface area contributed by atoms with Gasteiger partial charge in [0, 0.05) is 19.6 Å². The van der Waals surface area contributed by atoms with E-state index in [0.29, 0.717) is 30.9 Å². The van der Waals surface area contributed by atoms with E-state index >= 15 is 0 Å². The number of rotatable bonds is 11. The molecule has 0 unspecified atom stereocenters. The molecule has 25 heavy (non-hydrogen) atoms. The van der Waals surface area contributed by atoms with Gasteiger partial charge in [-0.05, 0) is 38.0 Å². The van der Waals surface area contributed by atoms with E-state index < -0.39 is 16.1 Å². The molecule has 0 heterocycles. The van der Waals surface area contributed by atoms with Gasteiger partial charge >= 0.3 is 0 Å².